The quantitative estimate of drug-likeness (QED) is 0.536. The first-order valence-electron chi connectivity index (χ1n) is 4.27. The van der Waals surface area contributed by atoms with Crippen LogP contribution in [-0.2, 0) is 9.47 Å². The van der Waals surface area contributed by atoms with E-state index >= 15 is 0 Å². The molecule has 3 fully saturated rings. The van der Waals surface area contributed by atoms with Gasteiger partial charge >= 0.3 is 0 Å². The van der Waals surface area contributed by atoms with Gasteiger partial charge in [-0.3, -0.25) is 0 Å². The van der Waals surface area contributed by atoms with Gasteiger partial charge in [0.2, 0.25) is 0 Å². The Hall–Kier alpha value is -0.120. The first kappa shape index (κ1) is 6.40. The molecule has 2 saturated heterocycles. The monoisotopic (exact) mass is 156 g/mol. The largest absolute Gasteiger partial charge is 0.392 e. The fourth-order valence-electron chi connectivity index (χ4n) is 2.69. The molecule has 0 aromatic carbocycles. The topological polar surface area (TPSA) is 38.7 Å². The molecule has 5 atom stereocenters. The maximum Gasteiger partial charge on any atom is 0.160 e. The van der Waals surface area contributed by atoms with Crippen molar-refractivity contribution < 1.29 is 14.6 Å². The normalized spacial score (nSPS) is 60.3. The molecule has 1 aliphatic carbocycles. The van der Waals surface area contributed by atoms with Crippen molar-refractivity contribution in [3.05, 3.63) is 0 Å². The van der Waals surface area contributed by atoms with Crippen molar-refractivity contribution in [2.24, 2.45) is 17.8 Å². The summed E-state index contributed by atoms with van der Waals surface area (Å²) in [5, 5.41) is 9.73. The molecule has 0 aromatic heterocycles. The van der Waals surface area contributed by atoms with Crippen LogP contribution in [0.15, 0.2) is 0 Å². The van der Waals surface area contributed by atoms with Gasteiger partial charge in [-0.25, -0.2) is 0 Å². The summed E-state index contributed by atoms with van der Waals surface area (Å²) >= 11 is 0. The summed E-state index contributed by atoms with van der Waals surface area (Å²) in [7, 11) is 0. The van der Waals surface area contributed by atoms with Crippen LogP contribution >= 0.6 is 0 Å². The van der Waals surface area contributed by atoms with E-state index in [9.17, 15) is 5.11 Å². The Labute approximate surface area is 65.3 Å². The van der Waals surface area contributed by atoms with Crippen LogP contribution in [0.1, 0.15) is 6.42 Å². The molecule has 0 radical (unpaired) electrons. The maximum absolute atomic E-state index is 9.73. The fraction of sp³-hybridized carbons (Fsp3) is 1.00. The molecular formula is C8H12O3. The SMILES string of the molecule is OC1C2COC3OC[C@@H]1C3C2. The highest BCUT2D eigenvalue weighted by Gasteiger charge is 2.54. The number of aliphatic hydroxyl groups excluding tert-OH is 1. The minimum absolute atomic E-state index is 0.00778. The van der Waals surface area contributed by atoms with Crippen molar-refractivity contribution in [3.63, 3.8) is 0 Å². The summed E-state index contributed by atoms with van der Waals surface area (Å²) in [5.41, 5.74) is 0. The smallest absolute Gasteiger partial charge is 0.160 e. The highest BCUT2D eigenvalue weighted by atomic mass is 16.7. The first-order chi connectivity index (χ1) is 5.36. The number of hydrogen-bond donors (Lipinski definition) is 1. The van der Waals surface area contributed by atoms with E-state index in [1.54, 1.807) is 0 Å². The van der Waals surface area contributed by atoms with Gasteiger partial charge in [0.1, 0.15) is 0 Å². The van der Waals surface area contributed by atoms with Crippen LogP contribution in [0.5, 0.6) is 0 Å². The van der Waals surface area contributed by atoms with Gasteiger partial charge in [-0.05, 0) is 6.42 Å². The van der Waals surface area contributed by atoms with Crippen molar-refractivity contribution >= 4 is 0 Å². The molecule has 0 amide bonds. The zero-order valence-corrected chi connectivity index (χ0v) is 6.27. The van der Waals surface area contributed by atoms with Gasteiger partial charge in [-0.2, -0.15) is 0 Å². The van der Waals surface area contributed by atoms with Crippen LogP contribution in [0.25, 0.3) is 0 Å². The summed E-state index contributed by atoms with van der Waals surface area (Å²) in [6, 6.07) is 0. The molecule has 3 nitrogen and oxygen atoms in total. The Kier molecular flexibility index (Phi) is 1.15. The van der Waals surface area contributed by atoms with E-state index in [4.69, 9.17) is 9.47 Å². The van der Waals surface area contributed by atoms with Gasteiger partial charge in [-0.1, -0.05) is 0 Å². The molecule has 0 aromatic rings. The molecule has 0 spiro atoms. The Morgan fingerprint density at radius 2 is 1.91 bits per heavy atom. The molecule has 1 N–H and O–H groups in total. The number of ether oxygens (including phenoxy) is 2. The predicted octanol–water partition coefficient (Wildman–Crippen LogP) is -0.0139. The van der Waals surface area contributed by atoms with Gasteiger partial charge in [0.25, 0.3) is 0 Å². The van der Waals surface area contributed by atoms with Crippen molar-refractivity contribution in [2.45, 2.75) is 18.8 Å². The molecule has 3 heteroatoms. The number of rotatable bonds is 0. The lowest BCUT2D eigenvalue weighted by atomic mass is 9.98. The average molecular weight is 156 g/mol. The lowest BCUT2D eigenvalue weighted by Crippen LogP contribution is -2.30. The Bertz CT molecular complexity index is 180. The van der Waals surface area contributed by atoms with Crippen LogP contribution < -0.4 is 0 Å². The van der Waals surface area contributed by atoms with Crippen molar-refractivity contribution in [3.8, 4) is 0 Å². The second kappa shape index (κ2) is 1.97. The summed E-state index contributed by atoms with van der Waals surface area (Å²) in [6.07, 6.45) is 0.956. The molecule has 2 aliphatic heterocycles. The zero-order valence-electron chi connectivity index (χ0n) is 6.27. The second-order valence-electron chi connectivity index (χ2n) is 3.85. The first-order valence-corrected chi connectivity index (χ1v) is 4.27. The lowest BCUT2D eigenvalue weighted by molar-refractivity contribution is -0.169. The van der Waals surface area contributed by atoms with E-state index in [-0.39, 0.29) is 12.4 Å². The van der Waals surface area contributed by atoms with Gasteiger partial charge in [0, 0.05) is 17.8 Å². The Morgan fingerprint density at radius 1 is 1.09 bits per heavy atom. The highest BCUT2D eigenvalue weighted by molar-refractivity contribution is 4.98. The van der Waals surface area contributed by atoms with E-state index in [2.05, 4.69) is 0 Å². The third-order valence-corrected chi connectivity index (χ3v) is 3.32. The maximum atomic E-state index is 9.73. The molecule has 11 heavy (non-hydrogen) atoms. The molecule has 1 saturated carbocycles. The molecule has 2 bridgehead atoms. The summed E-state index contributed by atoms with van der Waals surface area (Å²) in [6.45, 7) is 1.39. The second-order valence-corrected chi connectivity index (χ2v) is 3.85. The molecule has 3 aliphatic rings. The van der Waals surface area contributed by atoms with E-state index < -0.39 is 0 Å². The van der Waals surface area contributed by atoms with E-state index in [1.165, 1.54) is 0 Å². The van der Waals surface area contributed by atoms with Crippen LogP contribution in [0, 0.1) is 17.8 Å². The lowest BCUT2D eigenvalue weighted by Gasteiger charge is -2.25. The predicted molar refractivity (Wildman–Crippen MR) is 36.8 cm³/mol. The number of fused-ring (bicyclic) bond motifs is 1. The standard InChI is InChI=1S/C8H12O3/c9-7-4-1-5-6(7)3-11-8(5)10-2-4/h4-9H,1-3H2/t4?,5?,6-,7?,8?/m1/s1. The van der Waals surface area contributed by atoms with E-state index in [1.807, 2.05) is 0 Å². The van der Waals surface area contributed by atoms with Crippen LogP contribution in [0.3, 0.4) is 0 Å². The average Bonchev–Trinajstić information content (AvgIpc) is 2.51. The Morgan fingerprint density at radius 3 is 2.82 bits per heavy atom. The van der Waals surface area contributed by atoms with Crippen molar-refractivity contribution in [2.75, 3.05) is 13.2 Å². The van der Waals surface area contributed by atoms with Crippen LogP contribution in [0.2, 0.25) is 0 Å². The Balaban J connectivity index is 1.96. The highest BCUT2D eigenvalue weighted by Crippen LogP contribution is 2.47. The van der Waals surface area contributed by atoms with E-state index in [0.29, 0.717) is 31.0 Å². The van der Waals surface area contributed by atoms with E-state index in [0.717, 1.165) is 6.42 Å². The van der Waals surface area contributed by atoms with Gasteiger partial charge in [-0.15, -0.1) is 0 Å². The molecular weight excluding hydrogens is 144 g/mol. The molecule has 3 rings (SSSR count). The molecule has 4 unspecified atom stereocenters. The minimum atomic E-state index is -0.160. The van der Waals surface area contributed by atoms with Gasteiger partial charge in [0.15, 0.2) is 6.29 Å². The molecule has 62 valence electrons. The number of hydrogen-bond acceptors (Lipinski definition) is 3. The fourth-order valence-corrected chi connectivity index (χ4v) is 2.69. The summed E-state index contributed by atoms with van der Waals surface area (Å²) in [4.78, 5) is 0. The van der Waals surface area contributed by atoms with Crippen LogP contribution in [-0.4, -0.2) is 30.7 Å². The third kappa shape index (κ3) is 0.687. The van der Waals surface area contributed by atoms with Crippen molar-refractivity contribution in [1.29, 1.82) is 0 Å². The summed E-state index contributed by atoms with van der Waals surface area (Å²) < 4.78 is 10.8. The minimum Gasteiger partial charge on any atom is -0.392 e. The van der Waals surface area contributed by atoms with Gasteiger partial charge < -0.3 is 14.6 Å². The van der Waals surface area contributed by atoms with Crippen LogP contribution in [0.4, 0.5) is 0 Å². The van der Waals surface area contributed by atoms with Crippen molar-refractivity contribution in [1.82, 2.24) is 0 Å². The number of aliphatic hydroxyl groups is 1. The molecule has 2 heterocycles. The van der Waals surface area contributed by atoms with Gasteiger partial charge in [0.05, 0.1) is 19.3 Å². The third-order valence-electron chi connectivity index (χ3n) is 3.32. The summed E-state index contributed by atoms with van der Waals surface area (Å²) in [5.74, 6) is 1.25. The zero-order chi connectivity index (χ0) is 7.42.